The van der Waals surface area contributed by atoms with Crippen molar-refractivity contribution >= 4 is 32.6 Å². The average molecular weight is 652 g/mol. The van der Waals surface area contributed by atoms with Gasteiger partial charge in [-0.3, -0.25) is 9.71 Å². The van der Waals surface area contributed by atoms with E-state index in [0.717, 1.165) is 82.2 Å². The van der Waals surface area contributed by atoms with Gasteiger partial charge in [-0.15, -0.1) is 0 Å². The fourth-order valence-corrected chi connectivity index (χ4v) is 5.21. The lowest BCUT2D eigenvalue weighted by atomic mass is 10.1. The molecule has 1 unspecified atom stereocenters. The number of sulfonamides is 1. The largest absolute Gasteiger partial charge is 0.506 e. The molecule has 5 N–H and O–H groups in total. The molecule has 0 spiro atoms. The monoisotopic (exact) mass is 651 g/mol. The number of carboxylic acid groups (broad SMARTS) is 1. The van der Waals surface area contributed by atoms with Crippen molar-refractivity contribution < 1.29 is 33.3 Å². The molecule has 0 aliphatic rings. The molecule has 0 radical (unpaired) electrons. The molecule has 46 heavy (non-hydrogen) atoms. The summed E-state index contributed by atoms with van der Waals surface area (Å²) in [7, 11) is -3.52. The molecule has 248 valence electrons. The Bertz CT molecular complexity index is 1600. The summed E-state index contributed by atoms with van der Waals surface area (Å²) in [5.74, 6) is -1.06. The van der Waals surface area contributed by atoms with Crippen LogP contribution in [-0.2, 0) is 21.2 Å². The van der Waals surface area contributed by atoms with Gasteiger partial charge in [-0.2, -0.15) is 0 Å². The van der Waals surface area contributed by atoms with E-state index in [9.17, 15) is 23.4 Å². The number of phenols is 1. The van der Waals surface area contributed by atoms with Crippen LogP contribution in [0.15, 0.2) is 84.9 Å². The molecule has 0 amide bonds. The molecule has 0 aliphatic heterocycles. The van der Waals surface area contributed by atoms with Gasteiger partial charge in [-0.05, 0) is 80.6 Å². The lowest BCUT2D eigenvalue weighted by Gasteiger charge is -2.14. The van der Waals surface area contributed by atoms with Crippen LogP contribution in [0.3, 0.4) is 0 Å². The predicted molar refractivity (Wildman–Crippen MR) is 182 cm³/mol. The highest BCUT2D eigenvalue weighted by Gasteiger charge is 2.12. The van der Waals surface area contributed by atoms with Crippen molar-refractivity contribution in [2.75, 3.05) is 37.3 Å². The summed E-state index contributed by atoms with van der Waals surface area (Å²) in [6, 6.07) is 25.1. The van der Waals surface area contributed by atoms with Gasteiger partial charge in [0.1, 0.15) is 5.75 Å². The Morgan fingerprint density at radius 1 is 0.870 bits per heavy atom. The number of nitrogens with zero attached hydrogens (tertiary/aromatic N) is 1. The number of fused-ring (bicyclic) bond motifs is 1. The van der Waals surface area contributed by atoms with Gasteiger partial charge in [0.2, 0.25) is 10.0 Å². The molecule has 3 aromatic carbocycles. The number of aromatic hydroxyl groups is 1. The number of aryl methyl sites for hydroxylation is 1. The Hall–Kier alpha value is -4.03. The Labute approximate surface area is 271 Å². The second kappa shape index (κ2) is 19.5. The van der Waals surface area contributed by atoms with Gasteiger partial charge >= 0.3 is 5.97 Å². The molecule has 0 aliphatic carbocycles. The van der Waals surface area contributed by atoms with Crippen LogP contribution in [-0.4, -0.2) is 67.2 Å². The first kappa shape index (κ1) is 36.4. The number of carboxylic acids is 1. The fourth-order valence-electron chi connectivity index (χ4n) is 4.65. The third-order valence-corrected chi connectivity index (χ3v) is 7.67. The molecule has 0 bridgehead atoms. The first-order valence-electron chi connectivity index (χ1n) is 15.5. The van der Waals surface area contributed by atoms with Crippen LogP contribution < -0.4 is 10.0 Å². The van der Waals surface area contributed by atoms with E-state index in [0.29, 0.717) is 17.7 Å². The molecule has 0 saturated carbocycles. The number of nitrogens with one attached hydrogen (secondary N) is 2. The lowest BCUT2D eigenvalue weighted by Crippen LogP contribution is -2.22. The van der Waals surface area contributed by atoms with Crippen LogP contribution in [0.4, 0.5) is 5.69 Å². The maximum absolute atomic E-state index is 11.4. The number of hydrogen-bond acceptors (Lipinski definition) is 8. The molecule has 0 saturated heterocycles. The first-order chi connectivity index (χ1) is 22.1. The summed E-state index contributed by atoms with van der Waals surface area (Å²) in [5, 5.41) is 33.0. The van der Waals surface area contributed by atoms with Gasteiger partial charge < -0.3 is 25.4 Å². The van der Waals surface area contributed by atoms with Crippen molar-refractivity contribution in [3.05, 3.63) is 102 Å². The first-order valence-corrected chi connectivity index (χ1v) is 17.4. The maximum Gasteiger partial charge on any atom is 0.335 e. The number of aliphatic hydroxyl groups is 1. The summed E-state index contributed by atoms with van der Waals surface area (Å²) in [6.07, 6.45) is 7.52. The number of unbranched alkanes of at least 4 members (excludes halogenated alkanes) is 4. The number of para-hydroxylation sites is 1. The summed E-state index contributed by atoms with van der Waals surface area (Å²) in [4.78, 5) is 14.9. The van der Waals surface area contributed by atoms with Gasteiger partial charge in [0, 0.05) is 30.8 Å². The molecule has 10 nitrogen and oxygen atoms in total. The van der Waals surface area contributed by atoms with E-state index in [1.165, 1.54) is 17.5 Å². The van der Waals surface area contributed by atoms with Gasteiger partial charge in [0.15, 0.2) is 0 Å². The van der Waals surface area contributed by atoms with Crippen molar-refractivity contribution in [1.82, 2.24) is 10.3 Å². The van der Waals surface area contributed by atoms with Crippen molar-refractivity contribution in [1.29, 1.82) is 0 Å². The zero-order valence-corrected chi connectivity index (χ0v) is 27.1. The lowest BCUT2D eigenvalue weighted by molar-refractivity contribution is 0.0696. The number of benzene rings is 3. The van der Waals surface area contributed by atoms with Crippen LogP contribution in [0.1, 0.15) is 66.2 Å². The van der Waals surface area contributed by atoms with E-state index in [4.69, 9.17) is 14.8 Å². The number of hydrogen-bond donors (Lipinski definition) is 5. The molecular formula is C35H45N3O7S. The van der Waals surface area contributed by atoms with Gasteiger partial charge in [-0.1, -0.05) is 61.4 Å². The van der Waals surface area contributed by atoms with Crippen LogP contribution in [0.25, 0.3) is 10.9 Å². The molecular weight excluding hydrogens is 606 g/mol. The van der Waals surface area contributed by atoms with E-state index in [-0.39, 0.29) is 11.4 Å². The van der Waals surface area contributed by atoms with E-state index in [1.54, 1.807) is 36.4 Å². The normalized spacial score (nSPS) is 11.9. The smallest absolute Gasteiger partial charge is 0.335 e. The second-order valence-electron chi connectivity index (χ2n) is 11.0. The zero-order chi connectivity index (χ0) is 33.2. The van der Waals surface area contributed by atoms with Crippen LogP contribution >= 0.6 is 0 Å². The van der Waals surface area contributed by atoms with Crippen molar-refractivity contribution in [2.45, 2.75) is 51.0 Å². The van der Waals surface area contributed by atoms with E-state index in [2.05, 4.69) is 34.3 Å². The minimum Gasteiger partial charge on any atom is -0.506 e. The molecule has 11 heteroatoms. The van der Waals surface area contributed by atoms with Crippen molar-refractivity contribution in [2.24, 2.45) is 0 Å². The number of anilines is 1. The Kier molecular flexibility index (Phi) is 15.4. The quantitative estimate of drug-likeness (QED) is 0.0651. The minimum absolute atomic E-state index is 0.0585. The van der Waals surface area contributed by atoms with Gasteiger partial charge in [0.25, 0.3) is 0 Å². The average Bonchev–Trinajstić information content (AvgIpc) is 3.04. The highest BCUT2D eigenvalue weighted by atomic mass is 32.2. The number of aromatic carboxylic acids is 1. The third-order valence-electron chi connectivity index (χ3n) is 7.08. The number of rotatable bonds is 18. The summed E-state index contributed by atoms with van der Waals surface area (Å²) < 4.78 is 30.8. The highest BCUT2D eigenvalue weighted by Crippen LogP contribution is 2.27. The Balaban J connectivity index is 0.000000549. The molecule has 1 heterocycles. The topological polar surface area (TPSA) is 158 Å². The molecule has 4 rings (SSSR count). The summed E-state index contributed by atoms with van der Waals surface area (Å²) >= 11 is 0. The third kappa shape index (κ3) is 13.9. The van der Waals surface area contributed by atoms with Crippen LogP contribution in [0, 0.1) is 0 Å². The van der Waals surface area contributed by atoms with E-state index >= 15 is 0 Å². The molecule has 0 fully saturated rings. The van der Waals surface area contributed by atoms with E-state index in [1.807, 2.05) is 12.1 Å². The highest BCUT2D eigenvalue weighted by molar-refractivity contribution is 7.92. The second-order valence-corrected chi connectivity index (χ2v) is 12.8. The number of aliphatic hydroxyl groups excluding tert-OH is 1. The number of ether oxygens (including phenoxy) is 1. The number of carbonyl (C=O) groups is 1. The molecule has 1 aromatic heterocycles. The summed E-state index contributed by atoms with van der Waals surface area (Å²) in [6.45, 7) is 2.70. The number of pyridine rings is 1. The molecule has 1 atom stereocenters. The Morgan fingerprint density at radius 3 is 2.28 bits per heavy atom. The van der Waals surface area contributed by atoms with Gasteiger partial charge in [0.05, 0.1) is 29.1 Å². The Morgan fingerprint density at radius 2 is 1.57 bits per heavy atom. The maximum atomic E-state index is 11.4. The van der Waals surface area contributed by atoms with Crippen molar-refractivity contribution in [3.63, 3.8) is 0 Å². The number of aromatic nitrogens is 1. The number of phenolic OH excluding ortho intramolecular Hbond substituents is 1. The standard InChI is InChI=1S/C28H39N3O5S.C7H6O2/c1-37(34,35)31-26-20-23(14-16-27(26)32)28(33)21-29-17-7-2-3-8-18-36-19-9-6-11-24-15-13-22-10-4-5-12-25(22)30-24;8-7(9)6-4-2-1-3-5-6/h4-5,10,12-16,20,28-29,31-33H,2-3,6-9,11,17-19,21H2,1H3;1-5H,(H,8,9). The fraction of sp³-hybridized carbons (Fsp3) is 0.371. The van der Waals surface area contributed by atoms with E-state index < -0.39 is 22.1 Å². The van der Waals surface area contributed by atoms with Crippen LogP contribution in [0.5, 0.6) is 5.75 Å². The predicted octanol–water partition coefficient (Wildman–Crippen LogP) is 5.92. The zero-order valence-electron chi connectivity index (χ0n) is 26.3. The SMILES string of the molecule is CS(=O)(=O)Nc1cc(C(O)CNCCCCCCOCCCCc2ccc3ccccc3n2)ccc1O.O=C(O)c1ccccc1. The van der Waals surface area contributed by atoms with Crippen LogP contribution in [0.2, 0.25) is 0 Å². The van der Waals surface area contributed by atoms with Crippen molar-refractivity contribution in [3.8, 4) is 5.75 Å². The summed E-state index contributed by atoms with van der Waals surface area (Å²) in [5.41, 5.74) is 3.11. The van der Waals surface area contributed by atoms with Gasteiger partial charge in [-0.25, -0.2) is 13.2 Å². The minimum atomic E-state index is -3.52. The molecule has 4 aromatic rings.